The van der Waals surface area contributed by atoms with E-state index in [9.17, 15) is 33.9 Å². The second-order valence-electron chi connectivity index (χ2n) is 9.99. The molecule has 2 rings (SSSR count). The summed E-state index contributed by atoms with van der Waals surface area (Å²) in [6.45, 7) is 0.153. The lowest BCUT2D eigenvalue weighted by atomic mass is 9.91. The van der Waals surface area contributed by atoms with Gasteiger partial charge in [-0.2, -0.15) is 0 Å². The fraction of sp³-hybridized carbons (Fsp3) is 0.750. The highest BCUT2D eigenvalue weighted by molar-refractivity contribution is 5.76. The SMILES string of the molecule is COC(=O)NC1CCC(NC(=O)OCC(C)(COC(=O)NC2CCC(N=C=O)CC(N=C=O)C2)C(=O)O)CC1. The maximum Gasteiger partial charge on any atom is 0.407 e. The van der Waals surface area contributed by atoms with Crippen LogP contribution in [0.1, 0.15) is 58.3 Å². The molecule has 2 aliphatic rings. The third kappa shape index (κ3) is 10.7. The zero-order chi connectivity index (χ0) is 28.8. The summed E-state index contributed by atoms with van der Waals surface area (Å²) in [6, 6.07) is -1.61. The number of nitrogens with zero attached hydrogens (tertiary/aromatic N) is 2. The van der Waals surface area contributed by atoms with Crippen LogP contribution in [0.4, 0.5) is 14.4 Å². The summed E-state index contributed by atoms with van der Waals surface area (Å²) >= 11 is 0. The molecule has 39 heavy (non-hydrogen) atoms. The molecule has 4 atom stereocenters. The number of nitrogens with one attached hydrogen (secondary N) is 3. The Bertz CT molecular complexity index is 972. The molecule has 2 saturated carbocycles. The molecule has 0 radical (unpaired) electrons. The van der Waals surface area contributed by atoms with Crippen molar-refractivity contribution >= 4 is 36.4 Å². The molecule has 0 aromatic carbocycles. The molecule has 2 fully saturated rings. The number of carboxylic acid groups (broad SMARTS) is 1. The molecule has 0 aromatic rings. The lowest BCUT2D eigenvalue weighted by Crippen LogP contribution is -2.46. The van der Waals surface area contributed by atoms with Gasteiger partial charge in [0.2, 0.25) is 12.2 Å². The van der Waals surface area contributed by atoms with Gasteiger partial charge in [-0.05, 0) is 58.3 Å². The first-order chi connectivity index (χ1) is 18.6. The summed E-state index contributed by atoms with van der Waals surface area (Å²) in [5, 5.41) is 17.7. The van der Waals surface area contributed by atoms with Gasteiger partial charge in [0, 0.05) is 18.1 Å². The van der Waals surface area contributed by atoms with Crippen molar-refractivity contribution in [3.05, 3.63) is 0 Å². The summed E-state index contributed by atoms with van der Waals surface area (Å²) in [7, 11) is 1.28. The topological polar surface area (TPSA) is 211 Å². The highest BCUT2D eigenvalue weighted by Gasteiger charge is 2.38. The Labute approximate surface area is 225 Å². The summed E-state index contributed by atoms with van der Waals surface area (Å²) in [5.41, 5.74) is -1.71. The van der Waals surface area contributed by atoms with Crippen molar-refractivity contribution in [3.63, 3.8) is 0 Å². The quantitative estimate of drug-likeness (QED) is 0.133. The Balaban J connectivity index is 1.81. The molecular weight excluding hydrogens is 518 g/mol. The lowest BCUT2D eigenvalue weighted by molar-refractivity contribution is -0.153. The number of carbonyl (C=O) groups is 4. The number of amides is 3. The number of rotatable bonds is 10. The summed E-state index contributed by atoms with van der Waals surface area (Å²) in [5.74, 6) is -1.33. The van der Waals surface area contributed by atoms with Gasteiger partial charge >= 0.3 is 24.2 Å². The molecule has 216 valence electrons. The first kappa shape index (κ1) is 31.3. The van der Waals surface area contributed by atoms with Crippen LogP contribution in [0.5, 0.6) is 0 Å². The van der Waals surface area contributed by atoms with Crippen LogP contribution in [0, 0.1) is 5.41 Å². The molecule has 3 amide bonds. The van der Waals surface area contributed by atoms with E-state index >= 15 is 0 Å². The predicted molar refractivity (Wildman–Crippen MR) is 132 cm³/mol. The monoisotopic (exact) mass is 553 g/mol. The number of aliphatic imine (C=N–C) groups is 2. The van der Waals surface area contributed by atoms with E-state index in [1.165, 1.54) is 26.2 Å². The van der Waals surface area contributed by atoms with Crippen LogP contribution in [0.3, 0.4) is 0 Å². The van der Waals surface area contributed by atoms with Crippen LogP contribution < -0.4 is 16.0 Å². The van der Waals surface area contributed by atoms with Crippen molar-refractivity contribution < 1.29 is 48.1 Å². The van der Waals surface area contributed by atoms with Crippen LogP contribution in [-0.2, 0) is 28.6 Å². The number of alkyl carbamates (subject to hydrolysis) is 3. The molecule has 4 unspecified atom stereocenters. The highest BCUT2D eigenvalue weighted by atomic mass is 16.6. The van der Waals surface area contributed by atoms with Gasteiger partial charge in [0.1, 0.15) is 18.6 Å². The van der Waals surface area contributed by atoms with Gasteiger partial charge < -0.3 is 35.3 Å². The van der Waals surface area contributed by atoms with E-state index in [1.54, 1.807) is 0 Å². The molecule has 0 spiro atoms. The van der Waals surface area contributed by atoms with Crippen molar-refractivity contribution in [2.75, 3.05) is 20.3 Å². The number of isocyanates is 2. The molecule has 4 N–H and O–H groups in total. The van der Waals surface area contributed by atoms with Gasteiger partial charge in [0.05, 0.1) is 19.2 Å². The van der Waals surface area contributed by atoms with Crippen molar-refractivity contribution in [1.29, 1.82) is 0 Å². The molecule has 0 bridgehead atoms. The maximum atomic E-state index is 12.4. The number of carboxylic acids is 1. The Kier molecular flexibility index (Phi) is 12.4. The van der Waals surface area contributed by atoms with Gasteiger partial charge in [-0.1, -0.05) is 0 Å². The van der Waals surface area contributed by atoms with E-state index in [2.05, 4.69) is 30.7 Å². The molecule has 2 aliphatic carbocycles. The van der Waals surface area contributed by atoms with Crippen LogP contribution in [0.15, 0.2) is 9.98 Å². The minimum atomic E-state index is -1.71. The molecular formula is C24H35N5O10. The third-order valence-electron chi connectivity index (χ3n) is 6.86. The van der Waals surface area contributed by atoms with E-state index in [4.69, 9.17) is 9.47 Å². The van der Waals surface area contributed by atoms with Crippen LogP contribution >= 0.6 is 0 Å². The minimum absolute atomic E-state index is 0.0574. The largest absolute Gasteiger partial charge is 0.481 e. The Morgan fingerprint density at radius 1 is 0.769 bits per heavy atom. The fourth-order valence-electron chi connectivity index (χ4n) is 4.51. The predicted octanol–water partition coefficient (Wildman–Crippen LogP) is 1.55. The fourth-order valence-corrected chi connectivity index (χ4v) is 4.51. The second kappa shape index (κ2) is 15.5. The molecule has 0 heterocycles. The zero-order valence-electron chi connectivity index (χ0n) is 22.0. The normalized spacial score (nSPS) is 26.1. The van der Waals surface area contributed by atoms with Crippen molar-refractivity contribution in [1.82, 2.24) is 16.0 Å². The van der Waals surface area contributed by atoms with Gasteiger partial charge in [0.15, 0.2) is 0 Å². The van der Waals surface area contributed by atoms with Crippen LogP contribution in [0.2, 0.25) is 0 Å². The van der Waals surface area contributed by atoms with Gasteiger partial charge in [-0.25, -0.2) is 34.0 Å². The zero-order valence-corrected chi connectivity index (χ0v) is 22.0. The van der Waals surface area contributed by atoms with Gasteiger partial charge in [0.25, 0.3) is 0 Å². The summed E-state index contributed by atoms with van der Waals surface area (Å²) < 4.78 is 14.8. The second-order valence-corrected chi connectivity index (χ2v) is 9.99. The number of methoxy groups -OCH3 is 1. The van der Waals surface area contributed by atoms with Crippen molar-refractivity contribution in [3.8, 4) is 0 Å². The maximum absolute atomic E-state index is 12.4. The average molecular weight is 554 g/mol. The Morgan fingerprint density at radius 2 is 1.23 bits per heavy atom. The van der Waals surface area contributed by atoms with E-state index in [0.717, 1.165) is 0 Å². The van der Waals surface area contributed by atoms with E-state index in [0.29, 0.717) is 44.9 Å². The first-order valence-corrected chi connectivity index (χ1v) is 12.7. The number of hydrogen-bond donors (Lipinski definition) is 4. The lowest BCUT2D eigenvalue weighted by Gasteiger charge is -2.29. The Morgan fingerprint density at radius 3 is 1.72 bits per heavy atom. The smallest absolute Gasteiger partial charge is 0.407 e. The van der Waals surface area contributed by atoms with Gasteiger partial charge in [-0.15, -0.1) is 0 Å². The minimum Gasteiger partial charge on any atom is -0.481 e. The Hall–Kier alpha value is -3.96. The van der Waals surface area contributed by atoms with Crippen LogP contribution in [0.25, 0.3) is 0 Å². The van der Waals surface area contributed by atoms with Crippen molar-refractivity contribution in [2.24, 2.45) is 15.4 Å². The summed E-state index contributed by atoms with van der Waals surface area (Å²) in [6.07, 6.45) is 4.70. The third-order valence-corrected chi connectivity index (χ3v) is 6.86. The molecule has 0 aliphatic heterocycles. The number of ether oxygens (including phenoxy) is 3. The first-order valence-electron chi connectivity index (χ1n) is 12.7. The van der Waals surface area contributed by atoms with Crippen LogP contribution in [-0.4, -0.2) is 92.0 Å². The molecule has 15 heteroatoms. The van der Waals surface area contributed by atoms with Gasteiger partial charge in [-0.3, -0.25) is 4.79 Å². The standard InChI is InChI=1S/C24H35N5O10/c1-24(20(32)33,11-38-22(35)28-16-5-3-15(4-6-16)27-21(34)37-2)12-39-23(36)29-18-8-7-17(25-13-30)9-19(10-18)26-14-31/h15-19H,3-12H2,1-2H3,(H,27,34)(H,28,35)(H,29,36)(H,32,33). The number of aliphatic carboxylic acids is 1. The number of hydrogen-bond acceptors (Lipinski definition) is 11. The summed E-state index contributed by atoms with van der Waals surface area (Å²) in [4.78, 5) is 76.6. The van der Waals surface area contributed by atoms with E-state index in [-0.39, 0.29) is 18.5 Å². The highest BCUT2D eigenvalue weighted by Crippen LogP contribution is 2.24. The number of carbonyl (C=O) groups excluding carboxylic acids is 5. The van der Waals surface area contributed by atoms with E-state index < -0.39 is 61.0 Å². The molecule has 0 saturated heterocycles. The van der Waals surface area contributed by atoms with E-state index in [1.807, 2.05) is 0 Å². The molecule has 15 nitrogen and oxygen atoms in total. The average Bonchev–Trinajstić information content (AvgIpc) is 3.09. The molecule has 0 aromatic heterocycles. The van der Waals surface area contributed by atoms with Crippen molar-refractivity contribution in [2.45, 2.75) is 88.5 Å².